The van der Waals surface area contributed by atoms with Crippen molar-refractivity contribution in [3.63, 3.8) is 0 Å². The number of hydrogen-bond donors (Lipinski definition) is 1. The largest absolute Gasteiger partial charge is 0.396 e. The average Bonchev–Trinajstić information content (AvgIpc) is 2.72. The van der Waals surface area contributed by atoms with E-state index in [0.29, 0.717) is 37.1 Å². The van der Waals surface area contributed by atoms with Crippen molar-refractivity contribution in [2.75, 3.05) is 38.7 Å². The Hall–Kier alpha value is -0.750. The Morgan fingerprint density at radius 1 is 1.45 bits per heavy atom. The van der Waals surface area contributed by atoms with Crippen LogP contribution in [0, 0.1) is 5.92 Å². The summed E-state index contributed by atoms with van der Waals surface area (Å²) in [5.41, 5.74) is 0. The van der Waals surface area contributed by atoms with Crippen molar-refractivity contribution in [1.82, 2.24) is 4.90 Å². The van der Waals surface area contributed by atoms with Crippen LogP contribution >= 0.6 is 23.4 Å². The molecule has 0 saturated carbocycles. The highest BCUT2D eigenvalue weighted by atomic mass is 35.5. The van der Waals surface area contributed by atoms with Crippen LogP contribution in [0.2, 0.25) is 5.02 Å². The molecule has 1 fully saturated rings. The van der Waals surface area contributed by atoms with E-state index in [2.05, 4.69) is 0 Å². The van der Waals surface area contributed by atoms with Crippen molar-refractivity contribution in [2.24, 2.45) is 5.92 Å². The number of aliphatic hydroxyl groups is 1. The molecule has 20 heavy (non-hydrogen) atoms. The second-order valence-corrected chi connectivity index (χ2v) is 6.19. The normalized spacial score (nSPS) is 19.7. The summed E-state index contributed by atoms with van der Waals surface area (Å²) in [4.78, 5) is 15.0. The Morgan fingerprint density at radius 3 is 2.90 bits per heavy atom. The van der Waals surface area contributed by atoms with Crippen molar-refractivity contribution in [3.05, 3.63) is 29.3 Å². The maximum atomic E-state index is 12.2. The maximum Gasteiger partial charge on any atom is 0.233 e. The molecule has 0 aliphatic carbocycles. The summed E-state index contributed by atoms with van der Waals surface area (Å²) in [7, 11) is 0. The molecule has 1 aliphatic heterocycles. The third-order valence-electron chi connectivity index (χ3n) is 3.12. The summed E-state index contributed by atoms with van der Waals surface area (Å²) in [6.07, 6.45) is 0. The number of aliphatic hydroxyl groups excluding tert-OH is 1. The van der Waals surface area contributed by atoms with Crippen LogP contribution in [0.5, 0.6) is 0 Å². The summed E-state index contributed by atoms with van der Waals surface area (Å²) in [5, 5.41) is 9.90. The molecular weight excluding hydrogens is 298 g/mol. The van der Waals surface area contributed by atoms with Gasteiger partial charge in [0.05, 0.1) is 19.0 Å². The lowest BCUT2D eigenvalue weighted by Crippen LogP contribution is -2.37. The Kier molecular flexibility index (Phi) is 6.16. The average molecular weight is 316 g/mol. The molecule has 1 amide bonds. The van der Waals surface area contributed by atoms with Gasteiger partial charge in [-0.3, -0.25) is 4.79 Å². The molecule has 110 valence electrons. The van der Waals surface area contributed by atoms with Gasteiger partial charge in [0.2, 0.25) is 5.91 Å². The van der Waals surface area contributed by atoms with E-state index in [4.69, 9.17) is 16.3 Å². The minimum absolute atomic E-state index is 0.0157. The number of halogens is 1. The van der Waals surface area contributed by atoms with Gasteiger partial charge in [0.25, 0.3) is 0 Å². The number of hydrogen-bond acceptors (Lipinski definition) is 4. The van der Waals surface area contributed by atoms with Crippen LogP contribution in [-0.2, 0) is 9.53 Å². The van der Waals surface area contributed by atoms with Gasteiger partial charge in [-0.05, 0) is 24.3 Å². The Balaban J connectivity index is 1.85. The van der Waals surface area contributed by atoms with E-state index in [1.54, 1.807) is 4.90 Å². The minimum atomic E-state index is 0.0157. The summed E-state index contributed by atoms with van der Waals surface area (Å²) < 4.78 is 5.38. The molecule has 0 aromatic heterocycles. The van der Waals surface area contributed by atoms with E-state index in [1.807, 2.05) is 24.3 Å². The fraction of sp³-hybridized carbons (Fsp3) is 0.500. The standard InChI is InChI=1S/C14H18ClNO3S/c15-12-1-3-13(4-2-12)20-10-14(18)16-5-6-19-9-11(7-16)8-17/h1-4,11,17H,5-10H2. The third kappa shape index (κ3) is 4.66. The summed E-state index contributed by atoms with van der Waals surface area (Å²) in [5.74, 6) is 0.482. The van der Waals surface area contributed by atoms with Crippen LogP contribution in [0.4, 0.5) is 0 Å². The van der Waals surface area contributed by atoms with Crippen molar-refractivity contribution in [3.8, 4) is 0 Å². The predicted molar refractivity (Wildman–Crippen MR) is 80.2 cm³/mol. The van der Waals surface area contributed by atoms with Crippen LogP contribution < -0.4 is 0 Å². The van der Waals surface area contributed by atoms with Crippen LogP contribution in [-0.4, -0.2) is 54.6 Å². The first-order valence-electron chi connectivity index (χ1n) is 6.54. The number of benzene rings is 1. The molecule has 0 spiro atoms. The Labute approximate surface area is 128 Å². The van der Waals surface area contributed by atoms with Gasteiger partial charge >= 0.3 is 0 Å². The van der Waals surface area contributed by atoms with Crippen molar-refractivity contribution in [1.29, 1.82) is 0 Å². The molecule has 0 radical (unpaired) electrons. The molecule has 1 heterocycles. The molecular formula is C14H18ClNO3S. The summed E-state index contributed by atoms with van der Waals surface area (Å²) in [6, 6.07) is 7.44. The van der Waals surface area contributed by atoms with Crippen molar-refractivity contribution < 1.29 is 14.6 Å². The molecule has 1 aromatic rings. The molecule has 1 aliphatic rings. The molecule has 1 N–H and O–H groups in total. The van der Waals surface area contributed by atoms with E-state index in [0.717, 1.165) is 4.90 Å². The van der Waals surface area contributed by atoms with E-state index in [-0.39, 0.29) is 18.4 Å². The van der Waals surface area contributed by atoms with Crippen molar-refractivity contribution >= 4 is 29.3 Å². The number of rotatable bonds is 4. The summed E-state index contributed by atoms with van der Waals surface area (Å²) in [6.45, 7) is 2.26. The predicted octanol–water partition coefficient (Wildman–Crippen LogP) is 1.90. The van der Waals surface area contributed by atoms with E-state index in [9.17, 15) is 9.90 Å². The first-order chi connectivity index (χ1) is 9.69. The third-order valence-corrected chi connectivity index (χ3v) is 4.37. The minimum Gasteiger partial charge on any atom is -0.396 e. The quantitative estimate of drug-likeness (QED) is 0.862. The number of amides is 1. The fourth-order valence-corrected chi connectivity index (χ4v) is 2.91. The molecule has 1 saturated heterocycles. The molecule has 1 aromatic carbocycles. The van der Waals surface area contributed by atoms with Gasteiger partial charge in [-0.1, -0.05) is 11.6 Å². The van der Waals surface area contributed by atoms with Gasteiger partial charge in [0.1, 0.15) is 0 Å². The number of carbonyl (C=O) groups is 1. The zero-order chi connectivity index (χ0) is 14.4. The van der Waals surface area contributed by atoms with Crippen molar-refractivity contribution in [2.45, 2.75) is 4.90 Å². The van der Waals surface area contributed by atoms with Gasteiger partial charge in [-0.25, -0.2) is 0 Å². The zero-order valence-electron chi connectivity index (χ0n) is 11.1. The monoisotopic (exact) mass is 315 g/mol. The first kappa shape index (κ1) is 15.6. The van der Waals surface area contributed by atoms with Gasteiger partial charge in [0, 0.05) is 35.5 Å². The number of ether oxygens (including phenoxy) is 1. The van der Waals surface area contributed by atoms with E-state index < -0.39 is 0 Å². The molecule has 4 nitrogen and oxygen atoms in total. The molecule has 1 unspecified atom stereocenters. The van der Waals surface area contributed by atoms with Gasteiger partial charge < -0.3 is 14.7 Å². The van der Waals surface area contributed by atoms with Crippen LogP contribution in [0.1, 0.15) is 0 Å². The van der Waals surface area contributed by atoms with Gasteiger partial charge in [-0.2, -0.15) is 0 Å². The molecule has 2 rings (SSSR count). The Bertz CT molecular complexity index is 441. The zero-order valence-corrected chi connectivity index (χ0v) is 12.7. The Morgan fingerprint density at radius 2 is 2.20 bits per heavy atom. The highest BCUT2D eigenvalue weighted by Crippen LogP contribution is 2.21. The van der Waals surface area contributed by atoms with E-state index >= 15 is 0 Å². The van der Waals surface area contributed by atoms with Crippen LogP contribution in [0.15, 0.2) is 29.2 Å². The maximum absolute atomic E-state index is 12.2. The smallest absolute Gasteiger partial charge is 0.233 e. The second kappa shape index (κ2) is 7.88. The van der Waals surface area contributed by atoms with E-state index in [1.165, 1.54) is 11.8 Å². The van der Waals surface area contributed by atoms with Gasteiger partial charge in [-0.15, -0.1) is 11.8 Å². The highest BCUT2D eigenvalue weighted by molar-refractivity contribution is 8.00. The lowest BCUT2D eigenvalue weighted by molar-refractivity contribution is -0.128. The molecule has 0 bridgehead atoms. The molecule has 6 heteroatoms. The van der Waals surface area contributed by atoms with Crippen LogP contribution in [0.3, 0.4) is 0 Å². The second-order valence-electron chi connectivity index (χ2n) is 4.71. The van der Waals surface area contributed by atoms with Crippen LogP contribution in [0.25, 0.3) is 0 Å². The summed E-state index contributed by atoms with van der Waals surface area (Å²) >= 11 is 7.32. The SMILES string of the molecule is O=C(CSc1ccc(Cl)cc1)N1CCOCC(CO)C1. The number of nitrogens with zero attached hydrogens (tertiary/aromatic N) is 1. The number of carbonyl (C=O) groups excluding carboxylic acids is 1. The first-order valence-corrected chi connectivity index (χ1v) is 7.90. The fourth-order valence-electron chi connectivity index (χ4n) is 1.98. The lowest BCUT2D eigenvalue weighted by atomic mass is 10.1. The molecule has 1 atom stereocenters. The lowest BCUT2D eigenvalue weighted by Gasteiger charge is -2.22. The topological polar surface area (TPSA) is 49.8 Å². The number of thioether (sulfide) groups is 1. The van der Waals surface area contributed by atoms with Gasteiger partial charge in [0.15, 0.2) is 0 Å². The highest BCUT2D eigenvalue weighted by Gasteiger charge is 2.21.